The molecule has 0 aliphatic carbocycles. The number of benzene rings is 2. The summed E-state index contributed by atoms with van der Waals surface area (Å²) in [4.78, 5) is 21.7. The van der Waals surface area contributed by atoms with Crippen molar-refractivity contribution < 1.29 is 19.8 Å². The van der Waals surface area contributed by atoms with Crippen LogP contribution in [0.2, 0.25) is 0 Å². The summed E-state index contributed by atoms with van der Waals surface area (Å²) in [6.45, 7) is 4.38. The lowest BCUT2D eigenvalue weighted by Gasteiger charge is -2.26. The molecule has 20 heavy (non-hydrogen) atoms. The smallest absolute Gasteiger partial charge is 0.324 e. The number of aromatic hydroxyl groups is 1. The second-order valence-electron chi connectivity index (χ2n) is 4.81. The molecule has 0 heterocycles. The highest BCUT2D eigenvalue weighted by atomic mass is 31.2. The van der Waals surface area contributed by atoms with E-state index in [0.717, 1.165) is 0 Å². The van der Waals surface area contributed by atoms with Crippen molar-refractivity contribution in [3.8, 4) is 5.75 Å². The van der Waals surface area contributed by atoms with Gasteiger partial charge < -0.3 is 19.8 Å². The fourth-order valence-electron chi connectivity index (χ4n) is 1.90. The van der Waals surface area contributed by atoms with E-state index in [0.29, 0.717) is 5.75 Å². The normalized spacial score (nSPS) is 10.9. The van der Waals surface area contributed by atoms with Crippen molar-refractivity contribution in [2.45, 2.75) is 19.3 Å². The van der Waals surface area contributed by atoms with Crippen LogP contribution in [0.25, 0.3) is 0 Å². The lowest BCUT2D eigenvalue weighted by molar-refractivity contribution is 0.368. The molecule has 5 heteroatoms. The summed E-state index contributed by atoms with van der Waals surface area (Å²) in [7, 11) is -2.62. The van der Waals surface area contributed by atoms with Crippen molar-refractivity contribution in [2.75, 3.05) is 0 Å². The van der Waals surface area contributed by atoms with Gasteiger partial charge in [-0.3, -0.25) is 0 Å². The van der Waals surface area contributed by atoms with Crippen LogP contribution >= 0.6 is 8.60 Å². The van der Waals surface area contributed by atoms with Gasteiger partial charge in [0.2, 0.25) is 0 Å². The number of phenols is 1. The zero-order valence-corrected chi connectivity index (χ0v) is 12.3. The Kier molecular flexibility index (Phi) is 6.11. The van der Waals surface area contributed by atoms with Gasteiger partial charge in [-0.1, -0.05) is 56.3 Å². The van der Waals surface area contributed by atoms with Crippen LogP contribution in [0.4, 0.5) is 0 Å². The minimum absolute atomic E-state index is 0.0328. The SMILES string of the molecule is CC(C)(c1ccccc1)c1ccc(O)cc1.OP(O)O. The summed E-state index contributed by atoms with van der Waals surface area (Å²) < 4.78 is 0. The topological polar surface area (TPSA) is 80.9 Å². The zero-order valence-electron chi connectivity index (χ0n) is 11.4. The van der Waals surface area contributed by atoms with Crippen LogP contribution in [0.3, 0.4) is 0 Å². The third-order valence-electron chi connectivity index (χ3n) is 3.08. The highest BCUT2D eigenvalue weighted by Crippen LogP contribution is 2.31. The fourth-order valence-corrected chi connectivity index (χ4v) is 1.90. The molecule has 0 fully saturated rings. The van der Waals surface area contributed by atoms with Crippen molar-refractivity contribution in [2.24, 2.45) is 0 Å². The van der Waals surface area contributed by atoms with Gasteiger partial charge >= 0.3 is 8.60 Å². The molecule has 0 spiro atoms. The van der Waals surface area contributed by atoms with Crippen LogP contribution in [0.5, 0.6) is 5.75 Å². The molecule has 2 aromatic rings. The molecule has 108 valence electrons. The average molecular weight is 294 g/mol. The van der Waals surface area contributed by atoms with E-state index in [2.05, 4.69) is 38.1 Å². The van der Waals surface area contributed by atoms with Crippen molar-refractivity contribution >= 4 is 8.60 Å². The third-order valence-corrected chi connectivity index (χ3v) is 3.08. The lowest BCUT2D eigenvalue weighted by atomic mass is 9.78. The maximum Gasteiger partial charge on any atom is 0.324 e. The number of rotatable bonds is 2. The minimum Gasteiger partial charge on any atom is -0.508 e. The van der Waals surface area contributed by atoms with Crippen molar-refractivity contribution in [3.05, 3.63) is 65.7 Å². The van der Waals surface area contributed by atoms with Crippen molar-refractivity contribution in [3.63, 3.8) is 0 Å². The van der Waals surface area contributed by atoms with Gasteiger partial charge in [0.05, 0.1) is 0 Å². The van der Waals surface area contributed by atoms with E-state index < -0.39 is 8.60 Å². The van der Waals surface area contributed by atoms with Gasteiger partial charge in [0.1, 0.15) is 5.75 Å². The molecule has 4 N–H and O–H groups in total. The van der Waals surface area contributed by atoms with Gasteiger partial charge in [-0.15, -0.1) is 0 Å². The first kappa shape index (κ1) is 16.6. The fraction of sp³-hybridized carbons (Fsp3) is 0.200. The lowest BCUT2D eigenvalue weighted by Crippen LogP contribution is -2.18. The second kappa shape index (κ2) is 7.36. The Bertz CT molecular complexity index is 506. The maximum atomic E-state index is 9.29. The van der Waals surface area contributed by atoms with E-state index >= 15 is 0 Å². The van der Waals surface area contributed by atoms with Gasteiger partial charge in [0.15, 0.2) is 0 Å². The minimum atomic E-state index is -2.62. The van der Waals surface area contributed by atoms with Gasteiger partial charge in [0.25, 0.3) is 0 Å². The van der Waals surface area contributed by atoms with Crippen molar-refractivity contribution in [1.82, 2.24) is 0 Å². The van der Waals surface area contributed by atoms with Crippen LogP contribution in [0, 0.1) is 0 Å². The molecule has 2 rings (SSSR count). The van der Waals surface area contributed by atoms with Gasteiger partial charge in [-0.05, 0) is 23.3 Å². The van der Waals surface area contributed by atoms with Crippen LogP contribution < -0.4 is 0 Å². The second-order valence-corrected chi connectivity index (χ2v) is 5.34. The average Bonchev–Trinajstić information content (AvgIpc) is 2.39. The summed E-state index contributed by atoms with van der Waals surface area (Å²) in [5.74, 6) is 0.313. The van der Waals surface area contributed by atoms with Crippen LogP contribution in [-0.2, 0) is 5.41 Å². The molecule has 0 atom stereocenters. The Hall–Kier alpha value is -1.45. The summed E-state index contributed by atoms with van der Waals surface area (Å²) in [6, 6.07) is 17.8. The first-order valence-electron chi connectivity index (χ1n) is 6.06. The van der Waals surface area contributed by atoms with Gasteiger partial charge in [0, 0.05) is 5.41 Å². The van der Waals surface area contributed by atoms with E-state index in [-0.39, 0.29) is 5.41 Å². The molecule has 0 saturated carbocycles. The number of hydrogen-bond acceptors (Lipinski definition) is 4. The molecule has 0 aliphatic rings. The summed E-state index contributed by atoms with van der Waals surface area (Å²) in [6.07, 6.45) is 0. The molecule has 0 aliphatic heterocycles. The number of hydrogen-bond donors (Lipinski definition) is 4. The maximum absolute atomic E-state index is 9.29. The molecule has 0 aromatic heterocycles. The van der Waals surface area contributed by atoms with E-state index in [9.17, 15) is 5.11 Å². The third kappa shape index (κ3) is 4.91. The quantitative estimate of drug-likeness (QED) is 0.642. The summed E-state index contributed by atoms with van der Waals surface area (Å²) in [5.41, 5.74) is 2.45. The van der Waals surface area contributed by atoms with Crippen LogP contribution in [0.1, 0.15) is 25.0 Å². The van der Waals surface area contributed by atoms with Crippen LogP contribution in [0.15, 0.2) is 54.6 Å². The monoisotopic (exact) mass is 294 g/mol. The molecule has 0 amide bonds. The van der Waals surface area contributed by atoms with E-state index in [1.807, 2.05) is 18.2 Å². The predicted molar refractivity (Wildman–Crippen MR) is 80.3 cm³/mol. The predicted octanol–water partition coefficient (Wildman–Crippen LogP) is 2.91. The van der Waals surface area contributed by atoms with E-state index in [1.165, 1.54) is 11.1 Å². The first-order valence-corrected chi connectivity index (χ1v) is 7.26. The summed E-state index contributed by atoms with van der Waals surface area (Å²) in [5, 5.41) is 9.29. The Labute approximate surface area is 120 Å². The molecule has 0 bridgehead atoms. The zero-order chi connectivity index (χ0) is 15.2. The Morgan fingerprint density at radius 2 is 1.15 bits per heavy atom. The highest BCUT2D eigenvalue weighted by Gasteiger charge is 2.22. The van der Waals surface area contributed by atoms with E-state index in [4.69, 9.17) is 14.7 Å². The first-order chi connectivity index (χ1) is 9.34. The standard InChI is InChI=1S/C15H16O.H3O3P/c1-15(2,12-6-4-3-5-7-12)13-8-10-14(16)11-9-13;1-4(2)3/h3-11,16H,1-2H3;1-3H. The number of phenolic OH excluding ortho intramolecular Hbond substituents is 1. The summed E-state index contributed by atoms with van der Waals surface area (Å²) >= 11 is 0. The Balaban J connectivity index is 0.000000444. The van der Waals surface area contributed by atoms with Crippen molar-refractivity contribution in [1.29, 1.82) is 0 Å². The molecular formula is C15H19O4P. The Morgan fingerprint density at radius 1 is 0.750 bits per heavy atom. The van der Waals surface area contributed by atoms with Gasteiger partial charge in [-0.2, -0.15) is 0 Å². The highest BCUT2D eigenvalue weighted by molar-refractivity contribution is 7.38. The van der Waals surface area contributed by atoms with Crippen LogP contribution in [-0.4, -0.2) is 19.8 Å². The molecule has 2 aromatic carbocycles. The largest absolute Gasteiger partial charge is 0.508 e. The molecule has 0 unspecified atom stereocenters. The molecule has 4 nitrogen and oxygen atoms in total. The molecule has 0 radical (unpaired) electrons. The Morgan fingerprint density at radius 3 is 1.60 bits per heavy atom. The van der Waals surface area contributed by atoms with Gasteiger partial charge in [-0.25, -0.2) is 0 Å². The van der Waals surface area contributed by atoms with E-state index in [1.54, 1.807) is 12.1 Å². The molecule has 0 saturated heterocycles. The molecular weight excluding hydrogens is 275 g/mol.